The molecule has 7 heteroatoms. The summed E-state index contributed by atoms with van der Waals surface area (Å²) in [6.07, 6.45) is 3.12. The van der Waals surface area contributed by atoms with E-state index in [9.17, 15) is 0 Å². The molecule has 1 aliphatic rings. The third kappa shape index (κ3) is 4.41. The zero-order valence-corrected chi connectivity index (χ0v) is 15.7. The average Bonchev–Trinajstić information content (AvgIpc) is 2.93. The maximum atomic E-state index is 4.61. The monoisotopic (exact) mass is 346 g/mol. The second kappa shape index (κ2) is 7.42. The first-order valence-electron chi connectivity index (χ1n) is 8.66. The van der Waals surface area contributed by atoms with E-state index in [1.54, 1.807) is 0 Å². The van der Waals surface area contributed by atoms with Crippen molar-refractivity contribution in [2.45, 2.75) is 53.0 Å². The molecule has 2 aromatic heterocycles. The summed E-state index contributed by atoms with van der Waals surface area (Å²) >= 11 is 1.48. The molecule has 0 amide bonds. The fourth-order valence-electron chi connectivity index (χ4n) is 3.05. The van der Waals surface area contributed by atoms with Crippen molar-refractivity contribution in [2.75, 3.05) is 23.3 Å². The van der Waals surface area contributed by atoms with Gasteiger partial charge in [0, 0.05) is 48.8 Å². The van der Waals surface area contributed by atoms with Gasteiger partial charge in [0.2, 0.25) is 5.13 Å². The van der Waals surface area contributed by atoms with E-state index < -0.39 is 0 Å². The number of hydrogen-bond acceptors (Lipinski definition) is 7. The highest BCUT2D eigenvalue weighted by atomic mass is 32.1. The molecule has 0 aromatic carbocycles. The summed E-state index contributed by atoms with van der Waals surface area (Å²) in [5, 5.41) is 4.51. The number of aryl methyl sites for hydroxylation is 2. The van der Waals surface area contributed by atoms with Crippen LogP contribution < -0.4 is 10.2 Å². The smallest absolute Gasteiger partial charge is 0.202 e. The third-order valence-electron chi connectivity index (χ3n) is 4.16. The zero-order chi connectivity index (χ0) is 17.1. The molecule has 0 spiro atoms. The van der Waals surface area contributed by atoms with Gasteiger partial charge in [-0.2, -0.15) is 4.37 Å². The van der Waals surface area contributed by atoms with Gasteiger partial charge in [-0.1, -0.05) is 13.8 Å². The lowest BCUT2D eigenvalue weighted by Crippen LogP contribution is -2.39. The molecule has 0 aliphatic carbocycles. The fourth-order valence-corrected chi connectivity index (χ4v) is 3.72. The Morgan fingerprint density at radius 2 is 1.96 bits per heavy atom. The maximum Gasteiger partial charge on any atom is 0.202 e. The third-order valence-corrected chi connectivity index (χ3v) is 4.84. The van der Waals surface area contributed by atoms with Crippen LogP contribution in [0.5, 0.6) is 0 Å². The van der Waals surface area contributed by atoms with Crippen molar-refractivity contribution in [1.29, 1.82) is 0 Å². The van der Waals surface area contributed by atoms with Gasteiger partial charge in [0.05, 0.1) is 0 Å². The topological polar surface area (TPSA) is 66.8 Å². The molecule has 130 valence electrons. The molecule has 0 atom stereocenters. The van der Waals surface area contributed by atoms with E-state index in [0.717, 1.165) is 60.6 Å². The van der Waals surface area contributed by atoms with Crippen LogP contribution in [0.4, 0.5) is 10.9 Å². The minimum Gasteiger partial charge on any atom is -0.357 e. The van der Waals surface area contributed by atoms with E-state index in [4.69, 9.17) is 0 Å². The number of aromatic nitrogens is 4. The van der Waals surface area contributed by atoms with E-state index in [0.29, 0.717) is 12.0 Å². The Kier molecular flexibility index (Phi) is 5.28. The Morgan fingerprint density at radius 1 is 1.21 bits per heavy atom. The first-order valence-corrected chi connectivity index (χ1v) is 9.43. The number of hydrogen-bond donors (Lipinski definition) is 1. The zero-order valence-electron chi connectivity index (χ0n) is 14.9. The van der Waals surface area contributed by atoms with Gasteiger partial charge in [-0.05, 0) is 32.6 Å². The summed E-state index contributed by atoms with van der Waals surface area (Å²) in [5.74, 6) is 3.45. The lowest BCUT2D eigenvalue weighted by atomic mass is 10.1. The molecule has 0 bridgehead atoms. The second-order valence-electron chi connectivity index (χ2n) is 6.93. The number of piperidine rings is 1. The van der Waals surface area contributed by atoms with Gasteiger partial charge in [0.25, 0.3) is 0 Å². The summed E-state index contributed by atoms with van der Waals surface area (Å²) in [4.78, 5) is 15.9. The quantitative estimate of drug-likeness (QED) is 0.896. The molecule has 0 saturated carbocycles. The lowest BCUT2D eigenvalue weighted by molar-refractivity contribution is 0.522. The molecule has 3 heterocycles. The highest BCUT2D eigenvalue weighted by Gasteiger charge is 2.21. The van der Waals surface area contributed by atoms with Gasteiger partial charge in [0.15, 0.2) is 0 Å². The molecule has 1 fully saturated rings. The summed E-state index contributed by atoms with van der Waals surface area (Å²) in [6, 6.07) is 2.54. The Morgan fingerprint density at radius 3 is 2.62 bits per heavy atom. The number of rotatable bonds is 5. The summed E-state index contributed by atoms with van der Waals surface area (Å²) in [7, 11) is 0. The average molecular weight is 347 g/mol. The first kappa shape index (κ1) is 17.1. The summed E-state index contributed by atoms with van der Waals surface area (Å²) < 4.78 is 4.44. The van der Waals surface area contributed by atoms with Gasteiger partial charge < -0.3 is 10.2 Å². The van der Waals surface area contributed by atoms with Crippen LogP contribution in [0.3, 0.4) is 0 Å². The molecule has 0 unspecified atom stereocenters. The first-order chi connectivity index (χ1) is 11.5. The van der Waals surface area contributed by atoms with Gasteiger partial charge in [-0.3, -0.25) is 0 Å². The van der Waals surface area contributed by atoms with Crippen molar-refractivity contribution in [3.8, 4) is 0 Å². The van der Waals surface area contributed by atoms with Crippen molar-refractivity contribution < 1.29 is 0 Å². The molecule has 2 aromatic rings. The molecule has 1 saturated heterocycles. The predicted octanol–water partition coefficient (Wildman–Crippen LogP) is 3.22. The van der Waals surface area contributed by atoms with Gasteiger partial charge >= 0.3 is 0 Å². The van der Waals surface area contributed by atoms with Crippen molar-refractivity contribution in [1.82, 2.24) is 19.3 Å². The number of nitrogens with zero attached hydrogens (tertiary/aromatic N) is 5. The number of anilines is 2. The Bertz CT molecular complexity index is 655. The van der Waals surface area contributed by atoms with Crippen LogP contribution in [0.2, 0.25) is 0 Å². The van der Waals surface area contributed by atoms with E-state index in [1.165, 1.54) is 11.5 Å². The highest BCUT2D eigenvalue weighted by Crippen LogP contribution is 2.22. The molecular weight excluding hydrogens is 320 g/mol. The lowest BCUT2D eigenvalue weighted by Gasteiger charge is -2.33. The van der Waals surface area contributed by atoms with Gasteiger partial charge in [0.1, 0.15) is 17.5 Å². The van der Waals surface area contributed by atoms with Crippen LogP contribution in [0.15, 0.2) is 6.07 Å². The van der Waals surface area contributed by atoms with Crippen LogP contribution in [0.1, 0.15) is 44.0 Å². The predicted molar refractivity (Wildman–Crippen MR) is 98.8 cm³/mol. The highest BCUT2D eigenvalue weighted by molar-refractivity contribution is 7.09. The van der Waals surface area contributed by atoms with E-state index in [2.05, 4.69) is 49.5 Å². The molecular formula is C17H26N6S. The van der Waals surface area contributed by atoms with Crippen molar-refractivity contribution in [3.63, 3.8) is 0 Å². The summed E-state index contributed by atoms with van der Waals surface area (Å²) in [6.45, 7) is 10.4. The van der Waals surface area contributed by atoms with Crippen molar-refractivity contribution >= 4 is 22.5 Å². The van der Waals surface area contributed by atoms with E-state index >= 15 is 0 Å². The molecule has 1 aliphatic heterocycles. The molecule has 24 heavy (non-hydrogen) atoms. The van der Waals surface area contributed by atoms with Crippen LogP contribution >= 0.6 is 11.5 Å². The fraction of sp³-hybridized carbons (Fsp3) is 0.647. The molecule has 1 N–H and O–H groups in total. The SMILES string of the molecule is Cc1cc(N2CCC(Nc3nc(CC(C)C)ns3)CC2)nc(C)n1. The van der Waals surface area contributed by atoms with Crippen molar-refractivity contribution in [3.05, 3.63) is 23.4 Å². The van der Waals surface area contributed by atoms with E-state index in [1.807, 2.05) is 13.8 Å². The largest absolute Gasteiger partial charge is 0.357 e. The van der Waals surface area contributed by atoms with Gasteiger partial charge in [-0.15, -0.1) is 0 Å². The maximum absolute atomic E-state index is 4.61. The molecule has 3 rings (SSSR count). The minimum atomic E-state index is 0.463. The second-order valence-corrected chi connectivity index (χ2v) is 7.69. The van der Waals surface area contributed by atoms with E-state index in [-0.39, 0.29) is 0 Å². The van der Waals surface area contributed by atoms with Crippen LogP contribution in [-0.2, 0) is 6.42 Å². The Labute approximate surface area is 147 Å². The summed E-state index contributed by atoms with van der Waals surface area (Å²) in [5.41, 5.74) is 1.03. The Balaban J connectivity index is 1.54. The van der Waals surface area contributed by atoms with Crippen LogP contribution in [0.25, 0.3) is 0 Å². The van der Waals surface area contributed by atoms with Crippen LogP contribution in [-0.4, -0.2) is 38.5 Å². The normalized spacial score (nSPS) is 16.0. The van der Waals surface area contributed by atoms with Crippen molar-refractivity contribution in [2.24, 2.45) is 5.92 Å². The standard InChI is InChI=1S/C17H26N6S/c1-11(2)9-15-21-17(24-22-15)20-14-5-7-23(8-6-14)16-10-12(3)18-13(4)19-16/h10-11,14H,5-9H2,1-4H3,(H,20,21,22). The number of nitrogens with one attached hydrogen (secondary N) is 1. The minimum absolute atomic E-state index is 0.463. The molecule has 6 nitrogen and oxygen atoms in total. The molecule has 0 radical (unpaired) electrons. The van der Waals surface area contributed by atoms with Crippen LogP contribution in [0, 0.1) is 19.8 Å². The Hall–Kier alpha value is -1.76. The van der Waals surface area contributed by atoms with Gasteiger partial charge in [-0.25, -0.2) is 15.0 Å².